The van der Waals surface area contributed by atoms with E-state index in [0.29, 0.717) is 0 Å². The SMILES string of the molecule is CCOC(=O)CC(=O)CC(O)/C=C/c1c(C(C)C)nc2ccccc2c1-c1ccc(F)cc1. The maximum Gasteiger partial charge on any atom is 0.313 e. The number of Topliss-reactive ketones (excluding diaryl/α,β-unsaturated/α-hetero) is 1. The van der Waals surface area contributed by atoms with Gasteiger partial charge in [-0.15, -0.1) is 0 Å². The van der Waals surface area contributed by atoms with Crippen LogP contribution in [0.15, 0.2) is 54.6 Å². The van der Waals surface area contributed by atoms with Crippen molar-refractivity contribution in [2.45, 2.75) is 45.6 Å². The van der Waals surface area contributed by atoms with E-state index in [-0.39, 0.29) is 31.2 Å². The summed E-state index contributed by atoms with van der Waals surface area (Å²) in [6.45, 7) is 5.93. The molecule has 5 nitrogen and oxygen atoms in total. The predicted molar refractivity (Wildman–Crippen MR) is 127 cm³/mol. The molecule has 1 unspecified atom stereocenters. The minimum Gasteiger partial charge on any atom is -0.466 e. The van der Waals surface area contributed by atoms with E-state index in [2.05, 4.69) is 0 Å². The minimum absolute atomic E-state index is 0.0797. The monoisotopic (exact) mass is 449 g/mol. The van der Waals surface area contributed by atoms with Crippen molar-refractivity contribution < 1.29 is 23.8 Å². The van der Waals surface area contributed by atoms with Gasteiger partial charge in [-0.05, 0) is 36.6 Å². The molecule has 0 aliphatic carbocycles. The summed E-state index contributed by atoms with van der Waals surface area (Å²) in [5.74, 6) is -1.24. The highest BCUT2D eigenvalue weighted by Gasteiger charge is 2.18. The Labute approximate surface area is 192 Å². The van der Waals surface area contributed by atoms with Gasteiger partial charge in [0.25, 0.3) is 0 Å². The first kappa shape index (κ1) is 24.3. The molecule has 0 fully saturated rings. The van der Waals surface area contributed by atoms with Crippen LogP contribution < -0.4 is 0 Å². The molecular weight excluding hydrogens is 421 g/mol. The molecule has 3 aromatic rings. The van der Waals surface area contributed by atoms with Gasteiger partial charge in [0.1, 0.15) is 18.0 Å². The Kier molecular flexibility index (Phi) is 8.06. The van der Waals surface area contributed by atoms with Gasteiger partial charge in [-0.3, -0.25) is 14.6 Å². The molecular formula is C27H28FNO4. The number of benzene rings is 2. The first-order valence-corrected chi connectivity index (χ1v) is 11.0. The number of aliphatic hydroxyl groups is 1. The van der Waals surface area contributed by atoms with E-state index in [1.165, 1.54) is 18.2 Å². The zero-order chi connectivity index (χ0) is 24.0. The van der Waals surface area contributed by atoms with Crippen LogP contribution in [0, 0.1) is 5.82 Å². The number of aromatic nitrogens is 1. The number of hydrogen-bond donors (Lipinski definition) is 1. The molecule has 6 heteroatoms. The maximum atomic E-state index is 13.6. The topological polar surface area (TPSA) is 76.5 Å². The third-order valence-electron chi connectivity index (χ3n) is 5.21. The molecule has 1 N–H and O–H groups in total. The van der Waals surface area contributed by atoms with Gasteiger partial charge in [-0.25, -0.2) is 4.39 Å². The fraction of sp³-hybridized carbons (Fsp3) is 0.296. The van der Waals surface area contributed by atoms with Crippen molar-refractivity contribution in [2.24, 2.45) is 0 Å². The number of aliphatic hydroxyl groups excluding tert-OH is 1. The van der Waals surface area contributed by atoms with E-state index < -0.39 is 17.9 Å². The summed E-state index contributed by atoms with van der Waals surface area (Å²) in [6, 6.07) is 14.0. The Morgan fingerprint density at radius 2 is 1.82 bits per heavy atom. The lowest BCUT2D eigenvalue weighted by atomic mass is 9.90. The van der Waals surface area contributed by atoms with Crippen LogP contribution in [0.3, 0.4) is 0 Å². The molecule has 0 saturated carbocycles. The first-order chi connectivity index (χ1) is 15.8. The van der Waals surface area contributed by atoms with Gasteiger partial charge in [0.2, 0.25) is 0 Å². The standard InChI is InChI=1S/C27H28FNO4/c1-4-33-25(32)16-21(31)15-20(30)13-14-23-26(18-9-11-19(28)12-10-18)22-7-5-6-8-24(22)29-27(23)17(2)3/h5-14,17,20,30H,4,15-16H2,1-3H3/b14-13+. The number of ketones is 1. The van der Waals surface area contributed by atoms with Gasteiger partial charge in [-0.2, -0.15) is 0 Å². The zero-order valence-electron chi connectivity index (χ0n) is 19.0. The van der Waals surface area contributed by atoms with E-state index in [1.54, 1.807) is 25.1 Å². The first-order valence-electron chi connectivity index (χ1n) is 11.0. The van der Waals surface area contributed by atoms with Gasteiger partial charge in [0.05, 0.1) is 23.9 Å². The van der Waals surface area contributed by atoms with Crippen molar-refractivity contribution in [3.8, 4) is 11.1 Å². The lowest BCUT2D eigenvalue weighted by Crippen LogP contribution is -2.16. The van der Waals surface area contributed by atoms with E-state index in [1.807, 2.05) is 38.1 Å². The van der Waals surface area contributed by atoms with Crippen LogP contribution in [0.1, 0.15) is 50.8 Å². The number of esters is 1. The molecule has 1 atom stereocenters. The highest BCUT2D eigenvalue weighted by Crippen LogP contribution is 2.36. The Morgan fingerprint density at radius 1 is 1.12 bits per heavy atom. The number of fused-ring (bicyclic) bond motifs is 1. The lowest BCUT2D eigenvalue weighted by Gasteiger charge is -2.18. The zero-order valence-corrected chi connectivity index (χ0v) is 19.0. The predicted octanol–water partition coefficient (Wildman–Crippen LogP) is 5.45. The summed E-state index contributed by atoms with van der Waals surface area (Å²) in [5.41, 5.74) is 4.15. The van der Waals surface area contributed by atoms with Crippen molar-refractivity contribution in [3.63, 3.8) is 0 Å². The molecule has 0 spiro atoms. The van der Waals surface area contributed by atoms with Gasteiger partial charge in [0.15, 0.2) is 0 Å². The normalized spacial score (nSPS) is 12.4. The average Bonchev–Trinajstić information content (AvgIpc) is 2.77. The number of rotatable bonds is 9. The number of nitrogens with zero attached hydrogens (tertiary/aromatic N) is 1. The molecule has 172 valence electrons. The van der Waals surface area contributed by atoms with Crippen molar-refractivity contribution in [1.29, 1.82) is 0 Å². The Morgan fingerprint density at radius 3 is 2.48 bits per heavy atom. The molecule has 0 saturated heterocycles. The Hall–Kier alpha value is -3.38. The summed E-state index contributed by atoms with van der Waals surface area (Å²) >= 11 is 0. The summed E-state index contributed by atoms with van der Waals surface area (Å²) in [5, 5.41) is 11.3. The fourth-order valence-electron chi connectivity index (χ4n) is 3.74. The van der Waals surface area contributed by atoms with Crippen molar-refractivity contribution >= 4 is 28.7 Å². The highest BCUT2D eigenvalue weighted by molar-refractivity contribution is 5.99. The van der Waals surface area contributed by atoms with Crippen LogP contribution in [-0.4, -0.2) is 34.6 Å². The molecule has 0 bridgehead atoms. The molecule has 1 aromatic heterocycles. The summed E-state index contributed by atoms with van der Waals surface area (Å²) < 4.78 is 18.4. The summed E-state index contributed by atoms with van der Waals surface area (Å²) in [6.07, 6.45) is 1.66. The Bertz CT molecular complexity index is 1170. The van der Waals surface area contributed by atoms with Gasteiger partial charge >= 0.3 is 5.97 Å². The summed E-state index contributed by atoms with van der Waals surface area (Å²) in [7, 11) is 0. The van der Waals surface area contributed by atoms with Crippen molar-refractivity contribution in [2.75, 3.05) is 6.61 Å². The average molecular weight is 450 g/mol. The molecule has 33 heavy (non-hydrogen) atoms. The third kappa shape index (κ3) is 6.11. The van der Waals surface area contributed by atoms with Gasteiger partial charge in [0, 0.05) is 22.9 Å². The van der Waals surface area contributed by atoms with E-state index >= 15 is 0 Å². The van der Waals surface area contributed by atoms with E-state index in [4.69, 9.17) is 9.72 Å². The molecule has 2 aromatic carbocycles. The molecule has 0 aliphatic heterocycles. The minimum atomic E-state index is -1.07. The number of hydrogen-bond acceptors (Lipinski definition) is 5. The van der Waals surface area contributed by atoms with Gasteiger partial charge < -0.3 is 9.84 Å². The van der Waals surface area contributed by atoms with Crippen LogP contribution in [0.5, 0.6) is 0 Å². The molecule has 3 rings (SSSR count). The summed E-state index contributed by atoms with van der Waals surface area (Å²) in [4.78, 5) is 28.4. The third-order valence-corrected chi connectivity index (χ3v) is 5.21. The molecule has 0 aliphatic rings. The number of para-hydroxylation sites is 1. The number of pyridine rings is 1. The van der Waals surface area contributed by atoms with Gasteiger partial charge in [-0.1, -0.05) is 56.3 Å². The number of carbonyl (C=O) groups excluding carboxylic acids is 2. The van der Waals surface area contributed by atoms with E-state index in [0.717, 1.165) is 33.3 Å². The molecule has 1 heterocycles. The fourth-order valence-corrected chi connectivity index (χ4v) is 3.74. The molecule has 0 amide bonds. The van der Waals surface area contributed by atoms with Crippen LogP contribution in [0.2, 0.25) is 0 Å². The second-order valence-corrected chi connectivity index (χ2v) is 8.12. The largest absolute Gasteiger partial charge is 0.466 e. The highest BCUT2D eigenvalue weighted by atomic mass is 19.1. The van der Waals surface area contributed by atoms with Crippen LogP contribution in [0.4, 0.5) is 4.39 Å². The maximum absolute atomic E-state index is 13.6. The lowest BCUT2D eigenvalue weighted by molar-refractivity contribution is -0.145. The van der Waals surface area contributed by atoms with Crippen LogP contribution in [-0.2, 0) is 14.3 Å². The molecule has 0 radical (unpaired) electrons. The van der Waals surface area contributed by atoms with Crippen molar-refractivity contribution in [3.05, 3.63) is 71.7 Å². The quantitative estimate of drug-likeness (QED) is 0.347. The second kappa shape index (κ2) is 11.0. The van der Waals surface area contributed by atoms with Crippen LogP contribution >= 0.6 is 0 Å². The smallest absolute Gasteiger partial charge is 0.313 e. The van der Waals surface area contributed by atoms with Crippen molar-refractivity contribution in [1.82, 2.24) is 4.98 Å². The van der Waals surface area contributed by atoms with E-state index in [9.17, 15) is 19.1 Å². The second-order valence-electron chi connectivity index (χ2n) is 8.12. The number of ether oxygens (including phenoxy) is 1. The number of carbonyl (C=O) groups is 2. The Balaban J connectivity index is 2.02. The van der Waals surface area contributed by atoms with Crippen LogP contribution in [0.25, 0.3) is 28.1 Å². The number of halogens is 1.